The van der Waals surface area contributed by atoms with Crippen LogP contribution in [-0.2, 0) is 15.7 Å². The summed E-state index contributed by atoms with van der Waals surface area (Å²) in [5.41, 5.74) is 0.565. The molecular weight excluding hydrogens is 246 g/mol. The smallest absolute Gasteiger partial charge is 0.402 e. The summed E-state index contributed by atoms with van der Waals surface area (Å²) in [6, 6.07) is 10.2. The Morgan fingerprint density at radius 3 is 2.06 bits per heavy atom. The van der Waals surface area contributed by atoms with Gasteiger partial charge >= 0.3 is 7.12 Å². The lowest BCUT2D eigenvalue weighted by molar-refractivity contribution is 0.00578. The van der Waals surface area contributed by atoms with Crippen molar-refractivity contribution in [1.82, 2.24) is 0 Å². The molecule has 18 heavy (non-hydrogen) atoms. The van der Waals surface area contributed by atoms with E-state index in [0.717, 1.165) is 6.42 Å². The molecule has 1 saturated heterocycles. The number of rotatable bonds is 3. The molecule has 2 rings (SSSR count). The van der Waals surface area contributed by atoms with Gasteiger partial charge in [-0.1, -0.05) is 30.3 Å². The fraction of sp³-hybridized carbons (Fsp3) is 0.571. The molecule has 1 aromatic rings. The average molecular weight is 267 g/mol. The summed E-state index contributed by atoms with van der Waals surface area (Å²) in [7, 11) is -0.350. The van der Waals surface area contributed by atoms with Crippen molar-refractivity contribution in [2.24, 2.45) is 0 Å². The normalized spacial score (nSPS) is 23.1. The molecule has 0 N–H and O–H groups in total. The number of halogens is 1. The maximum atomic E-state index is 6.43. The van der Waals surface area contributed by atoms with Gasteiger partial charge in [0.2, 0.25) is 0 Å². The van der Waals surface area contributed by atoms with Crippen molar-refractivity contribution in [3.8, 4) is 0 Å². The third kappa shape index (κ3) is 2.74. The summed E-state index contributed by atoms with van der Waals surface area (Å²) in [5.74, 6) is 0. The first-order chi connectivity index (χ1) is 8.32. The third-order valence-corrected chi connectivity index (χ3v) is 4.20. The molecule has 1 heterocycles. The second-order valence-corrected chi connectivity index (χ2v) is 6.39. The van der Waals surface area contributed by atoms with Crippen molar-refractivity contribution >= 4 is 18.7 Å². The second kappa shape index (κ2) is 4.88. The fourth-order valence-corrected chi connectivity index (χ4v) is 2.25. The maximum Gasteiger partial charge on any atom is 0.477 e. The van der Waals surface area contributed by atoms with Gasteiger partial charge in [0, 0.05) is 0 Å². The first-order valence-corrected chi connectivity index (χ1v) is 6.79. The minimum absolute atomic E-state index is 0.173. The Labute approximate surface area is 115 Å². The van der Waals surface area contributed by atoms with Gasteiger partial charge in [0.05, 0.1) is 16.5 Å². The molecular formula is C14H20BClO2. The molecule has 0 spiro atoms. The number of hydrogen-bond donors (Lipinski definition) is 0. The SMILES string of the molecule is CC1(C)OB([C@H](Cl)Cc2ccccc2)OC1(C)C. The van der Waals surface area contributed by atoms with Gasteiger partial charge in [-0.25, -0.2) is 0 Å². The summed E-state index contributed by atoms with van der Waals surface area (Å²) in [6.07, 6.45) is 0.749. The van der Waals surface area contributed by atoms with Crippen LogP contribution in [0, 0.1) is 0 Å². The zero-order chi connectivity index (χ0) is 13.4. The molecule has 4 heteroatoms. The lowest BCUT2D eigenvalue weighted by atomic mass is 9.80. The van der Waals surface area contributed by atoms with Crippen LogP contribution in [-0.4, -0.2) is 23.6 Å². The predicted octanol–water partition coefficient (Wildman–Crippen LogP) is 3.47. The van der Waals surface area contributed by atoms with Crippen molar-refractivity contribution in [2.75, 3.05) is 0 Å². The van der Waals surface area contributed by atoms with Crippen molar-refractivity contribution < 1.29 is 9.31 Å². The molecule has 0 saturated carbocycles. The zero-order valence-electron chi connectivity index (χ0n) is 11.4. The van der Waals surface area contributed by atoms with Gasteiger partial charge in [0.25, 0.3) is 0 Å². The molecule has 0 aliphatic carbocycles. The van der Waals surface area contributed by atoms with Crippen LogP contribution < -0.4 is 0 Å². The van der Waals surface area contributed by atoms with Crippen LogP contribution in [0.5, 0.6) is 0 Å². The van der Waals surface area contributed by atoms with Gasteiger partial charge in [-0.2, -0.15) is 0 Å². The van der Waals surface area contributed by atoms with Crippen molar-refractivity contribution in [3.63, 3.8) is 0 Å². The van der Waals surface area contributed by atoms with E-state index >= 15 is 0 Å². The molecule has 0 bridgehead atoms. The van der Waals surface area contributed by atoms with Gasteiger partial charge in [0.15, 0.2) is 0 Å². The Kier molecular flexibility index (Phi) is 3.77. The van der Waals surface area contributed by atoms with Gasteiger partial charge in [-0.05, 0) is 39.7 Å². The quantitative estimate of drug-likeness (QED) is 0.616. The average Bonchev–Trinajstić information content (AvgIpc) is 2.50. The van der Waals surface area contributed by atoms with Crippen LogP contribution in [0.3, 0.4) is 0 Å². The van der Waals surface area contributed by atoms with E-state index in [4.69, 9.17) is 20.9 Å². The van der Waals surface area contributed by atoms with Gasteiger partial charge in [-0.3, -0.25) is 0 Å². The summed E-state index contributed by atoms with van der Waals surface area (Å²) >= 11 is 6.43. The molecule has 1 aromatic carbocycles. The lowest BCUT2D eigenvalue weighted by Crippen LogP contribution is -2.41. The Hall–Kier alpha value is -0.505. The number of alkyl halides is 1. The van der Waals surface area contributed by atoms with E-state index in [9.17, 15) is 0 Å². The Morgan fingerprint density at radius 2 is 1.56 bits per heavy atom. The van der Waals surface area contributed by atoms with Crippen LogP contribution in [0.2, 0.25) is 0 Å². The molecule has 0 amide bonds. The van der Waals surface area contributed by atoms with E-state index in [1.807, 2.05) is 45.9 Å². The second-order valence-electron chi connectivity index (χ2n) is 5.83. The zero-order valence-corrected chi connectivity index (χ0v) is 12.2. The van der Waals surface area contributed by atoms with E-state index in [2.05, 4.69) is 12.1 Å². The van der Waals surface area contributed by atoms with Gasteiger partial charge < -0.3 is 9.31 Å². The topological polar surface area (TPSA) is 18.5 Å². The first kappa shape index (κ1) is 13.9. The van der Waals surface area contributed by atoms with E-state index in [-0.39, 0.29) is 23.6 Å². The minimum atomic E-state index is -0.350. The van der Waals surface area contributed by atoms with Crippen LogP contribution in [0.25, 0.3) is 0 Å². The molecule has 1 aliphatic heterocycles. The third-order valence-electron chi connectivity index (χ3n) is 3.84. The molecule has 0 radical (unpaired) electrons. The molecule has 1 aliphatic rings. The van der Waals surface area contributed by atoms with E-state index in [0.29, 0.717) is 0 Å². The summed E-state index contributed by atoms with van der Waals surface area (Å²) in [6.45, 7) is 8.16. The van der Waals surface area contributed by atoms with E-state index < -0.39 is 0 Å². The monoisotopic (exact) mass is 266 g/mol. The highest BCUT2D eigenvalue weighted by Gasteiger charge is 2.53. The Balaban J connectivity index is 2.02. The van der Waals surface area contributed by atoms with Crippen LogP contribution in [0.15, 0.2) is 30.3 Å². The highest BCUT2D eigenvalue weighted by molar-refractivity contribution is 6.60. The van der Waals surface area contributed by atoms with Crippen molar-refractivity contribution in [1.29, 1.82) is 0 Å². The van der Waals surface area contributed by atoms with E-state index in [1.165, 1.54) is 5.56 Å². The summed E-state index contributed by atoms with van der Waals surface area (Å²) in [4.78, 5) is 0. The largest absolute Gasteiger partial charge is 0.477 e. The minimum Gasteiger partial charge on any atom is -0.402 e. The maximum absolute atomic E-state index is 6.43. The Bertz CT molecular complexity index is 390. The number of benzene rings is 1. The summed E-state index contributed by atoms with van der Waals surface area (Å²) in [5, 5.41) is -0.173. The highest BCUT2D eigenvalue weighted by atomic mass is 35.5. The molecule has 0 aromatic heterocycles. The fourth-order valence-electron chi connectivity index (χ4n) is 1.97. The standard InChI is InChI=1S/C14H20BClO2/c1-13(2)14(3,4)18-15(17-13)12(16)10-11-8-6-5-7-9-11/h5-9,12H,10H2,1-4H3/t12-/m1/s1. The van der Waals surface area contributed by atoms with Crippen LogP contribution >= 0.6 is 11.6 Å². The summed E-state index contributed by atoms with van der Waals surface area (Å²) < 4.78 is 11.9. The lowest BCUT2D eigenvalue weighted by Gasteiger charge is -2.32. The van der Waals surface area contributed by atoms with Gasteiger partial charge in [0.1, 0.15) is 0 Å². The predicted molar refractivity (Wildman–Crippen MR) is 75.9 cm³/mol. The molecule has 0 unspecified atom stereocenters. The van der Waals surface area contributed by atoms with Crippen LogP contribution in [0.1, 0.15) is 33.3 Å². The molecule has 1 fully saturated rings. The first-order valence-electron chi connectivity index (χ1n) is 6.35. The number of hydrogen-bond acceptors (Lipinski definition) is 2. The van der Waals surface area contributed by atoms with E-state index in [1.54, 1.807) is 0 Å². The Morgan fingerprint density at radius 1 is 1.06 bits per heavy atom. The molecule has 1 atom stereocenters. The van der Waals surface area contributed by atoms with Crippen molar-refractivity contribution in [3.05, 3.63) is 35.9 Å². The molecule has 98 valence electrons. The van der Waals surface area contributed by atoms with Gasteiger partial charge in [-0.15, -0.1) is 11.6 Å². The van der Waals surface area contributed by atoms with Crippen molar-refractivity contribution in [2.45, 2.75) is 50.6 Å². The highest BCUT2D eigenvalue weighted by Crippen LogP contribution is 2.38. The molecule has 2 nitrogen and oxygen atoms in total. The van der Waals surface area contributed by atoms with Crippen LogP contribution in [0.4, 0.5) is 0 Å².